The van der Waals surface area contributed by atoms with E-state index in [4.69, 9.17) is 9.47 Å². The Morgan fingerprint density at radius 3 is 2.23 bits per heavy atom. The second-order valence-corrected chi connectivity index (χ2v) is 8.62. The van der Waals surface area contributed by atoms with Crippen LogP contribution in [0.1, 0.15) is 39.5 Å². The maximum absolute atomic E-state index is 13.0. The lowest BCUT2D eigenvalue weighted by Gasteiger charge is -2.39. The number of benzene rings is 1. The molecule has 1 aliphatic heterocycles. The predicted molar refractivity (Wildman–Crippen MR) is 84.3 cm³/mol. The number of sulfone groups is 1. The van der Waals surface area contributed by atoms with Crippen LogP contribution < -0.4 is 0 Å². The molecule has 0 amide bonds. The standard InChI is InChI=1S/C17H24O4S/c1-3-9-17(20-12-13-21-17)16(10-11-16)14(2)22(18,19)15-7-5-4-6-8-15/h4-8,14H,3,9-13H2,1-2H3. The van der Waals surface area contributed by atoms with Gasteiger partial charge < -0.3 is 9.47 Å². The first-order valence-corrected chi connectivity index (χ1v) is 9.60. The molecular weight excluding hydrogens is 300 g/mol. The minimum Gasteiger partial charge on any atom is -0.347 e. The van der Waals surface area contributed by atoms with E-state index in [2.05, 4.69) is 6.92 Å². The fourth-order valence-corrected chi connectivity index (χ4v) is 5.76. The van der Waals surface area contributed by atoms with Gasteiger partial charge in [-0.25, -0.2) is 8.42 Å². The number of rotatable bonds is 6. The van der Waals surface area contributed by atoms with Crippen molar-refractivity contribution in [2.75, 3.05) is 13.2 Å². The molecule has 1 heterocycles. The summed E-state index contributed by atoms with van der Waals surface area (Å²) >= 11 is 0. The average molecular weight is 324 g/mol. The monoisotopic (exact) mass is 324 g/mol. The van der Waals surface area contributed by atoms with E-state index >= 15 is 0 Å². The Hall–Kier alpha value is -0.910. The van der Waals surface area contributed by atoms with Crippen LogP contribution in [0.4, 0.5) is 0 Å². The molecule has 122 valence electrons. The predicted octanol–water partition coefficient (Wildman–Crippen LogP) is 3.17. The van der Waals surface area contributed by atoms with E-state index < -0.39 is 26.3 Å². The Morgan fingerprint density at radius 2 is 1.73 bits per heavy atom. The van der Waals surface area contributed by atoms with E-state index in [1.54, 1.807) is 24.3 Å². The Morgan fingerprint density at radius 1 is 1.14 bits per heavy atom. The first kappa shape index (κ1) is 16.0. The van der Waals surface area contributed by atoms with Gasteiger partial charge in [-0.15, -0.1) is 0 Å². The van der Waals surface area contributed by atoms with Crippen molar-refractivity contribution in [3.8, 4) is 0 Å². The first-order chi connectivity index (χ1) is 10.5. The third-order valence-electron chi connectivity index (χ3n) is 5.20. The summed E-state index contributed by atoms with van der Waals surface area (Å²) in [7, 11) is -3.39. The van der Waals surface area contributed by atoms with Gasteiger partial charge in [0.25, 0.3) is 0 Å². The zero-order chi connectivity index (χ0) is 15.8. The van der Waals surface area contributed by atoms with Gasteiger partial charge in [0.05, 0.1) is 23.4 Å². The number of hydrogen-bond acceptors (Lipinski definition) is 4. The minimum absolute atomic E-state index is 0.387. The molecule has 4 nitrogen and oxygen atoms in total. The molecule has 1 unspecified atom stereocenters. The number of ether oxygens (including phenoxy) is 2. The SMILES string of the molecule is CCCC1(C2(C(C)S(=O)(=O)c3ccccc3)CC2)OCCO1. The van der Waals surface area contributed by atoms with Crippen molar-refractivity contribution in [2.24, 2.45) is 5.41 Å². The van der Waals surface area contributed by atoms with E-state index in [-0.39, 0.29) is 0 Å². The highest BCUT2D eigenvalue weighted by molar-refractivity contribution is 7.92. The van der Waals surface area contributed by atoms with Gasteiger partial charge in [-0.3, -0.25) is 0 Å². The molecule has 2 aliphatic rings. The molecule has 0 radical (unpaired) electrons. The second kappa shape index (κ2) is 5.62. The minimum atomic E-state index is -3.39. The molecule has 22 heavy (non-hydrogen) atoms. The van der Waals surface area contributed by atoms with Crippen LogP contribution in [0.5, 0.6) is 0 Å². The van der Waals surface area contributed by atoms with Gasteiger partial charge in [0.2, 0.25) is 0 Å². The Balaban J connectivity index is 1.96. The van der Waals surface area contributed by atoms with Crippen LogP contribution in [0.2, 0.25) is 0 Å². The van der Waals surface area contributed by atoms with Gasteiger partial charge in [-0.2, -0.15) is 0 Å². The zero-order valence-corrected chi connectivity index (χ0v) is 14.1. The Kier molecular flexibility index (Phi) is 4.08. The summed E-state index contributed by atoms with van der Waals surface area (Å²) in [6, 6.07) is 8.71. The maximum Gasteiger partial charge on any atom is 0.181 e. The summed E-state index contributed by atoms with van der Waals surface area (Å²) < 4.78 is 38.0. The summed E-state index contributed by atoms with van der Waals surface area (Å²) in [5, 5.41) is -0.507. The van der Waals surface area contributed by atoms with Crippen LogP contribution in [0.3, 0.4) is 0 Å². The Labute approximate surface area is 132 Å². The van der Waals surface area contributed by atoms with E-state index in [9.17, 15) is 8.42 Å². The topological polar surface area (TPSA) is 52.6 Å². The zero-order valence-electron chi connectivity index (χ0n) is 13.2. The molecule has 1 atom stereocenters. The lowest BCUT2D eigenvalue weighted by molar-refractivity contribution is -0.210. The van der Waals surface area contributed by atoms with E-state index in [1.165, 1.54) is 0 Å². The molecule has 1 aromatic carbocycles. The van der Waals surface area contributed by atoms with Crippen molar-refractivity contribution >= 4 is 9.84 Å². The lowest BCUT2D eigenvalue weighted by Crippen LogP contribution is -2.49. The van der Waals surface area contributed by atoms with E-state index in [1.807, 2.05) is 13.0 Å². The maximum atomic E-state index is 13.0. The summed E-state index contributed by atoms with van der Waals surface area (Å²) in [6.45, 7) is 5.01. The molecule has 1 aliphatic carbocycles. The van der Waals surface area contributed by atoms with Gasteiger partial charge in [0.1, 0.15) is 0 Å². The van der Waals surface area contributed by atoms with Gasteiger partial charge in [0, 0.05) is 11.8 Å². The van der Waals surface area contributed by atoms with Gasteiger partial charge in [0.15, 0.2) is 15.6 Å². The lowest BCUT2D eigenvalue weighted by atomic mass is 9.88. The normalized spacial score (nSPS) is 24.1. The van der Waals surface area contributed by atoms with Crippen LogP contribution in [0, 0.1) is 5.41 Å². The van der Waals surface area contributed by atoms with Crippen LogP contribution in [0.15, 0.2) is 35.2 Å². The third kappa shape index (κ3) is 2.30. The summed E-state index contributed by atoms with van der Waals surface area (Å²) in [6.07, 6.45) is 3.36. The van der Waals surface area contributed by atoms with Gasteiger partial charge in [-0.05, 0) is 31.9 Å². The molecule has 1 aromatic rings. The molecule has 0 aromatic heterocycles. The Bertz CT molecular complexity index is 613. The highest BCUT2D eigenvalue weighted by Crippen LogP contribution is 2.63. The smallest absolute Gasteiger partial charge is 0.181 e. The highest BCUT2D eigenvalue weighted by atomic mass is 32.2. The van der Waals surface area contributed by atoms with Crippen LogP contribution in [0.25, 0.3) is 0 Å². The fourth-order valence-electron chi connectivity index (χ4n) is 3.81. The van der Waals surface area contributed by atoms with E-state index in [0.29, 0.717) is 18.1 Å². The molecule has 2 fully saturated rings. The number of hydrogen-bond donors (Lipinski definition) is 0. The summed E-state index contributed by atoms with van der Waals surface area (Å²) in [4.78, 5) is 0.387. The van der Waals surface area contributed by atoms with Crippen molar-refractivity contribution in [1.29, 1.82) is 0 Å². The van der Waals surface area contributed by atoms with Crippen molar-refractivity contribution < 1.29 is 17.9 Å². The molecule has 0 N–H and O–H groups in total. The van der Waals surface area contributed by atoms with E-state index in [0.717, 1.165) is 25.7 Å². The van der Waals surface area contributed by atoms with Crippen LogP contribution >= 0.6 is 0 Å². The van der Waals surface area contributed by atoms with Crippen molar-refractivity contribution in [2.45, 2.75) is 55.5 Å². The fraction of sp³-hybridized carbons (Fsp3) is 0.647. The molecule has 3 rings (SSSR count). The average Bonchev–Trinajstić information content (AvgIpc) is 3.22. The second-order valence-electron chi connectivity index (χ2n) is 6.36. The summed E-state index contributed by atoms with van der Waals surface area (Å²) in [5.74, 6) is -0.719. The van der Waals surface area contributed by atoms with Crippen molar-refractivity contribution in [3.63, 3.8) is 0 Å². The molecule has 5 heteroatoms. The van der Waals surface area contributed by atoms with Crippen LogP contribution in [-0.2, 0) is 19.3 Å². The highest BCUT2D eigenvalue weighted by Gasteiger charge is 2.67. The van der Waals surface area contributed by atoms with Crippen LogP contribution in [-0.4, -0.2) is 32.7 Å². The molecule has 0 spiro atoms. The molecular formula is C17H24O4S. The largest absolute Gasteiger partial charge is 0.347 e. The van der Waals surface area contributed by atoms with Gasteiger partial charge in [-0.1, -0.05) is 31.5 Å². The summed E-state index contributed by atoms with van der Waals surface area (Å²) in [5.41, 5.74) is -0.409. The first-order valence-electron chi connectivity index (χ1n) is 8.05. The van der Waals surface area contributed by atoms with Crippen molar-refractivity contribution in [1.82, 2.24) is 0 Å². The van der Waals surface area contributed by atoms with Gasteiger partial charge >= 0.3 is 0 Å². The molecule has 1 saturated heterocycles. The molecule has 0 bridgehead atoms. The van der Waals surface area contributed by atoms with Crippen molar-refractivity contribution in [3.05, 3.63) is 30.3 Å². The molecule has 1 saturated carbocycles. The third-order valence-corrected chi connectivity index (χ3v) is 7.51. The quantitative estimate of drug-likeness (QED) is 0.806.